The lowest BCUT2D eigenvalue weighted by atomic mass is 10.2. The molecule has 5 nitrogen and oxygen atoms in total. The van der Waals surface area contributed by atoms with Gasteiger partial charge in [-0.3, -0.25) is 4.79 Å². The molecule has 0 radical (unpaired) electrons. The van der Waals surface area contributed by atoms with E-state index in [0.717, 1.165) is 0 Å². The Hall–Kier alpha value is -1.59. The second-order valence-electron chi connectivity index (χ2n) is 3.29. The molecule has 5 heteroatoms. The standard InChI is InChI=1S/C11H15NO4/c13-7-5-12(6-8-14)11(16)9-1-3-10(15)4-2-9/h1-4,13-15H,5-8H2. The van der Waals surface area contributed by atoms with Gasteiger partial charge in [-0.15, -0.1) is 0 Å². The average Bonchev–Trinajstić information content (AvgIpc) is 2.29. The number of nitrogens with zero attached hydrogens (tertiary/aromatic N) is 1. The van der Waals surface area contributed by atoms with Gasteiger partial charge in [-0.05, 0) is 24.3 Å². The molecule has 1 aromatic carbocycles. The van der Waals surface area contributed by atoms with Crippen LogP contribution < -0.4 is 0 Å². The van der Waals surface area contributed by atoms with Crippen LogP contribution in [0.4, 0.5) is 0 Å². The van der Waals surface area contributed by atoms with Crippen molar-refractivity contribution in [2.24, 2.45) is 0 Å². The molecular formula is C11H15NO4. The zero-order chi connectivity index (χ0) is 12.0. The molecule has 0 unspecified atom stereocenters. The number of phenols is 1. The van der Waals surface area contributed by atoms with Crippen LogP contribution in [0.15, 0.2) is 24.3 Å². The second kappa shape index (κ2) is 6.09. The highest BCUT2D eigenvalue weighted by Crippen LogP contribution is 2.11. The van der Waals surface area contributed by atoms with E-state index in [0.29, 0.717) is 5.56 Å². The minimum Gasteiger partial charge on any atom is -0.508 e. The van der Waals surface area contributed by atoms with Crippen LogP contribution in [0.3, 0.4) is 0 Å². The quantitative estimate of drug-likeness (QED) is 0.649. The van der Waals surface area contributed by atoms with Crippen molar-refractivity contribution in [2.75, 3.05) is 26.3 Å². The van der Waals surface area contributed by atoms with Gasteiger partial charge in [0.15, 0.2) is 0 Å². The van der Waals surface area contributed by atoms with E-state index >= 15 is 0 Å². The summed E-state index contributed by atoms with van der Waals surface area (Å²) in [6.07, 6.45) is 0. The number of hydrogen-bond acceptors (Lipinski definition) is 4. The van der Waals surface area contributed by atoms with Crippen molar-refractivity contribution in [3.05, 3.63) is 29.8 Å². The van der Waals surface area contributed by atoms with Gasteiger partial charge in [-0.1, -0.05) is 0 Å². The Balaban J connectivity index is 2.77. The SMILES string of the molecule is O=C(c1ccc(O)cc1)N(CCO)CCO. The fraction of sp³-hybridized carbons (Fsp3) is 0.364. The monoisotopic (exact) mass is 225 g/mol. The Morgan fingerprint density at radius 2 is 1.56 bits per heavy atom. The number of carbonyl (C=O) groups excluding carboxylic acids is 1. The number of aliphatic hydroxyl groups is 2. The van der Waals surface area contributed by atoms with Gasteiger partial charge >= 0.3 is 0 Å². The Labute approximate surface area is 93.6 Å². The van der Waals surface area contributed by atoms with Gasteiger partial charge < -0.3 is 20.2 Å². The number of phenolic OH excluding ortho intramolecular Hbond substituents is 1. The topological polar surface area (TPSA) is 81.0 Å². The van der Waals surface area contributed by atoms with Crippen LogP contribution in [-0.2, 0) is 0 Å². The third kappa shape index (κ3) is 3.22. The zero-order valence-corrected chi connectivity index (χ0v) is 8.83. The fourth-order valence-corrected chi connectivity index (χ4v) is 1.34. The maximum absolute atomic E-state index is 11.9. The van der Waals surface area contributed by atoms with Gasteiger partial charge in [-0.25, -0.2) is 0 Å². The summed E-state index contributed by atoms with van der Waals surface area (Å²) in [6.45, 7) is 0.0637. The molecule has 0 aliphatic carbocycles. The summed E-state index contributed by atoms with van der Waals surface area (Å²) in [5, 5.41) is 26.7. The first kappa shape index (κ1) is 12.5. The van der Waals surface area contributed by atoms with E-state index in [1.165, 1.54) is 29.2 Å². The molecule has 0 saturated carbocycles. The molecule has 88 valence electrons. The van der Waals surface area contributed by atoms with E-state index in [4.69, 9.17) is 15.3 Å². The summed E-state index contributed by atoms with van der Waals surface area (Å²) >= 11 is 0. The predicted octanol–water partition coefficient (Wildman–Crippen LogP) is -0.181. The number of aliphatic hydroxyl groups excluding tert-OH is 2. The Kier molecular flexibility index (Phi) is 4.75. The van der Waals surface area contributed by atoms with E-state index in [9.17, 15) is 4.79 Å². The highest BCUT2D eigenvalue weighted by atomic mass is 16.3. The van der Waals surface area contributed by atoms with Gasteiger partial charge in [0.2, 0.25) is 0 Å². The van der Waals surface area contributed by atoms with Crippen molar-refractivity contribution in [2.45, 2.75) is 0 Å². The van der Waals surface area contributed by atoms with Crippen LogP contribution in [0.2, 0.25) is 0 Å². The molecular weight excluding hydrogens is 210 g/mol. The van der Waals surface area contributed by atoms with E-state index < -0.39 is 0 Å². The molecule has 0 atom stereocenters. The number of aromatic hydroxyl groups is 1. The molecule has 3 N–H and O–H groups in total. The van der Waals surface area contributed by atoms with Crippen molar-refractivity contribution in [3.8, 4) is 5.75 Å². The molecule has 1 aromatic rings. The molecule has 0 bridgehead atoms. The van der Waals surface area contributed by atoms with Gasteiger partial charge in [0.05, 0.1) is 13.2 Å². The molecule has 16 heavy (non-hydrogen) atoms. The predicted molar refractivity (Wildman–Crippen MR) is 58.2 cm³/mol. The molecule has 1 rings (SSSR count). The van der Waals surface area contributed by atoms with Crippen LogP contribution in [0.1, 0.15) is 10.4 Å². The van der Waals surface area contributed by atoms with Gasteiger partial charge in [-0.2, -0.15) is 0 Å². The maximum Gasteiger partial charge on any atom is 0.254 e. The molecule has 0 heterocycles. The Morgan fingerprint density at radius 1 is 1.06 bits per heavy atom. The number of benzene rings is 1. The van der Waals surface area contributed by atoms with Gasteiger partial charge in [0, 0.05) is 18.7 Å². The Morgan fingerprint density at radius 3 is 2.00 bits per heavy atom. The van der Waals surface area contributed by atoms with Crippen molar-refractivity contribution >= 4 is 5.91 Å². The smallest absolute Gasteiger partial charge is 0.254 e. The van der Waals surface area contributed by atoms with E-state index in [1.54, 1.807) is 0 Å². The molecule has 1 amide bonds. The average molecular weight is 225 g/mol. The summed E-state index contributed by atoms with van der Waals surface area (Å²) in [5.74, 6) is -0.185. The summed E-state index contributed by atoms with van der Waals surface area (Å²) < 4.78 is 0. The van der Waals surface area contributed by atoms with Crippen molar-refractivity contribution < 1.29 is 20.1 Å². The lowest BCUT2D eigenvalue weighted by molar-refractivity contribution is 0.0685. The summed E-state index contributed by atoms with van der Waals surface area (Å²) in [7, 11) is 0. The molecule has 0 spiro atoms. The normalized spacial score (nSPS) is 10.1. The van der Waals surface area contributed by atoms with Gasteiger partial charge in [0.25, 0.3) is 5.91 Å². The third-order valence-corrected chi connectivity index (χ3v) is 2.14. The molecule has 0 fully saturated rings. The Bertz CT molecular complexity index is 330. The van der Waals surface area contributed by atoms with E-state index in [-0.39, 0.29) is 38.0 Å². The second-order valence-corrected chi connectivity index (χ2v) is 3.29. The largest absolute Gasteiger partial charge is 0.508 e. The third-order valence-electron chi connectivity index (χ3n) is 2.14. The maximum atomic E-state index is 11.9. The van der Waals surface area contributed by atoms with Crippen LogP contribution in [0.25, 0.3) is 0 Å². The highest BCUT2D eigenvalue weighted by Gasteiger charge is 2.14. The first-order chi connectivity index (χ1) is 7.69. The minimum absolute atomic E-state index is 0.0902. The molecule has 0 saturated heterocycles. The highest BCUT2D eigenvalue weighted by molar-refractivity contribution is 5.94. The molecule has 0 aliphatic rings. The zero-order valence-electron chi connectivity index (χ0n) is 8.83. The fourth-order valence-electron chi connectivity index (χ4n) is 1.34. The number of rotatable bonds is 5. The van der Waals surface area contributed by atoms with E-state index in [2.05, 4.69) is 0 Å². The number of amides is 1. The van der Waals surface area contributed by atoms with Crippen LogP contribution in [0.5, 0.6) is 5.75 Å². The number of hydrogen-bond donors (Lipinski definition) is 3. The lowest BCUT2D eigenvalue weighted by Gasteiger charge is -2.20. The molecule has 0 aliphatic heterocycles. The van der Waals surface area contributed by atoms with Crippen molar-refractivity contribution in [3.63, 3.8) is 0 Å². The van der Waals surface area contributed by atoms with E-state index in [1.807, 2.05) is 0 Å². The molecule has 0 aromatic heterocycles. The summed E-state index contributed by atoms with van der Waals surface area (Å²) in [4.78, 5) is 13.2. The minimum atomic E-state index is -0.275. The summed E-state index contributed by atoms with van der Waals surface area (Å²) in [6, 6.07) is 5.84. The van der Waals surface area contributed by atoms with Crippen molar-refractivity contribution in [1.82, 2.24) is 4.90 Å². The van der Waals surface area contributed by atoms with Gasteiger partial charge in [0.1, 0.15) is 5.75 Å². The first-order valence-electron chi connectivity index (χ1n) is 4.99. The van der Waals surface area contributed by atoms with Crippen LogP contribution >= 0.6 is 0 Å². The van der Waals surface area contributed by atoms with Crippen molar-refractivity contribution in [1.29, 1.82) is 0 Å². The van der Waals surface area contributed by atoms with Crippen LogP contribution in [0, 0.1) is 0 Å². The van der Waals surface area contributed by atoms with Crippen LogP contribution in [-0.4, -0.2) is 52.4 Å². The lowest BCUT2D eigenvalue weighted by Crippen LogP contribution is -2.35. The first-order valence-corrected chi connectivity index (χ1v) is 4.99. The summed E-state index contributed by atoms with van der Waals surface area (Å²) in [5.41, 5.74) is 0.416. The number of carbonyl (C=O) groups is 1.